The molecule has 1 aromatic heterocycles. The van der Waals surface area contributed by atoms with Crippen LogP contribution in [0.4, 0.5) is 5.13 Å². The van der Waals surface area contributed by atoms with Crippen LogP contribution in [0.5, 0.6) is 0 Å². The van der Waals surface area contributed by atoms with Gasteiger partial charge in [0.2, 0.25) is 5.13 Å². The largest absolute Gasteiger partial charge is 0.356 e. The lowest BCUT2D eigenvalue weighted by atomic mass is 10.1. The first-order valence-corrected chi connectivity index (χ1v) is 6.64. The van der Waals surface area contributed by atoms with E-state index in [1.807, 2.05) is 18.2 Å². The average molecular weight is 258 g/mol. The number of benzene rings is 1. The van der Waals surface area contributed by atoms with Gasteiger partial charge in [0, 0.05) is 24.5 Å². The molecule has 92 valence electrons. The zero-order chi connectivity index (χ0) is 12.8. The minimum Gasteiger partial charge on any atom is -0.356 e. The predicted molar refractivity (Wildman–Crippen MR) is 72.4 cm³/mol. The van der Waals surface area contributed by atoms with Crippen molar-refractivity contribution < 1.29 is 0 Å². The molecule has 0 unspecified atom stereocenters. The van der Waals surface area contributed by atoms with E-state index in [-0.39, 0.29) is 0 Å². The number of nitriles is 1. The van der Waals surface area contributed by atoms with Gasteiger partial charge in [0.05, 0.1) is 11.6 Å². The number of rotatable bonds is 5. The lowest BCUT2D eigenvalue weighted by molar-refractivity contribution is 0.861. The highest BCUT2D eigenvalue weighted by Crippen LogP contribution is 2.14. The summed E-state index contributed by atoms with van der Waals surface area (Å²) < 4.78 is 4.27. The Morgan fingerprint density at radius 3 is 3.11 bits per heavy atom. The maximum Gasteiger partial charge on any atom is 0.202 e. The van der Waals surface area contributed by atoms with Gasteiger partial charge in [-0.25, -0.2) is 4.98 Å². The number of nitrogens with zero attached hydrogens (tertiary/aromatic N) is 3. The summed E-state index contributed by atoms with van der Waals surface area (Å²) in [5.41, 5.74) is 1.75. The van der Waals surface area contributed by atoms with Crippen LogP contribution in [-0.4, -0.2) is 9.36 Å². The average Bonchev–Trinajstić information content (AvgIpc) is 2.85. The molecule has 1 aromatic carbocycles. The molecule has 2 aromatic rings. The van der Waals surface area contributed by atoms with E-state index in [1.54, 1.807) is 6.07 Å². The normalized spacial score (nSPS) is 10.0. The fourth-order valence-electron chi connectivity index (χ4n) is 1.58. The summed E-state index contributed by atoms with van der Waals surface area (Å²) in [5.74, 6) is 0.899. The van der Waals surface area contributed by atoms with Gasteiger partial charge in [-0.1, -0.05) is 19.1 Å². The zero-order valence-electron chi connectivity index (χ0n) is 10.2. The Labute approximate surface area is 110 Å². The van der Waals surface area contributed by atoms with E-state index in [4.69, 9.17) is 5.26 Å². The molecule has 0 aliphatic rings. The Morgan fingerprint density at radius 1 is 1.44 bits per heavy atom. The molecule has 2 rings (SSSR count). The molecule has 0 saturated heterocycles. The molecule has 0 fully saturated rings. The topological polar surface area (TPSA) is 61.6 Å². The van der Waals surface area contributed by atoms with E-state index >= 15 is 0 Å². The van der Waals surface area contributed by atoms with Crippen LogP contribution >= 0.6 is 11.5 Å². The van der Waals surface area contributed by atoms with Crippen molar-refractivity contribution in [1.82, 2.24) is 9.36 Å². The molecule has 1 heterocycles. The van der Waals surface area contributed by atoms with Crippen LogP contribution in [0.2, 0.25) is 0 Å². The van der Waals surface area contributed by atoms with Gasteiger partial charge in [0.1, 0.15) is 5.82 Å². The van der Waals surface area contributed by atoms with Gasteiger partial charge in [-0.05, 0) is 24.1 Å². The van der Waals surface area contributed by atoms with Gasteiger partial charge >= 0.3 is 0 Å². The molecule has 1 N–H and O–H groups in total. The van der Waals surface area contributed by atoms with Crippen LogP contribution in [0.1, 0.15) is 30.3 Å². The van der Waals surface area contributed by atoms with E-state index in [0.29, 0.717) is 12.1 Å². The van der Waals surface area contributed by atoms with Gasteiger partial charge in [0.15, 0.2) is 0 Å². The Morgan fingerprint density at radius 2 is 2.33 bits per heavy atom. The van der Waals surface area contributed by atoms with Crippen molar-refractivity contribution in [3.8, 4) is 6.07 Å². The molecule has 4 nitrogen and oxygen atoms in total. The Hall–Kier alpha value is -1.93. The third kappa shape index (κ3) is 3.28. The van der Waals surface area contributed by atoms with Gasteiger partial charge in [-0.3, -0.25) is 0 Å². The highest BCUT2D eigenvalue weighted by atomic mass is 32.1. The van der Waals surface area contributed by atoms with Crippen LogP contribution < -0.4 is 5.32 Å². The van der Waals surface area contributed by atoms with Crippen LogP contribution in [0.25, 0.3) is 0 Å². The minimum absolute atomic E-state index is 0.663. The van der Waals surface area contributed by atoms with Crippen molar-refractivity contribution in [3.63, 3.8) is 0 Å². The number of hydrogen-bond donors (Lipinski definition) is 1. The summed E-state index contributed by atoms with van der Waals surface area (Å²) >= 11 is 1.38. The highest BCUT2D eigenvalue weighted by Gasteiger charge is 2.02. The lowest BCUT2D eigenvalue weighted by Gasteiger charge is -2.02. The van der Waals surface area contributed by atoms with Gasteiger partial charge in [-0.2, -0.15) is 9.64 Å². The number of hydrogen-bond acceptors (Lipinski definition) is 5. The second-order valence-corrected chi connectivity index (χ2v) is 4.68. The first-order valence-electron chi connectivity index (χ1n) is 5.87. The molecular weight excluding hydrogens is 244 g/mol. The summed E-state index contributed by atoms with van der Waals surface area (Å²) in [6.07, 6.45) is 1.97. The SMILES string of the molecule is CCCc1nsc(NCc2cccc(C#N)c2)n1. The molecule has 0 saturated carbocycles. The van der Waals surface area contributed by atoms with Crippen LogP contribution in [-0.2, 0) is 13.0 Å². The fraction of sp³-hybridized carbons (Fsp3) is 0.308. The van der Waals surface area contributed by atoms with Crippen LogP contribution in [0.3, 0.4) is 0 Å². The summed E-state index contributed by atoms with van der Waals surface area (Å²) in [6.45, 7) is 2.78. The smallest absolute Gasteiger partial charge is 0.202 e. The van der Waals surface area contributed by atoms with E-state index in [0.717, 1.165) is 29.4 Å². The number of aromatic nitrogens is 2. The summed E-state index contributed by atoms with van der Waals surface area (Å²) in [5, 5.41) is 12.9. The lowest BCUT2D eigenvalue weighted by Crippen LogP contribution is -1.99. The van der Waals surface area contributed by atoms with Crippen molar-refractivity contribution in [2.24, 2.45) is 0 Å². The van der Waals surface area contributed by atoms with E-state index in [9.17, 15) is 0 Å². The Balaban J connectivity index is 1.96. The maximum absolute atomic E-state index is 8.82. The summed E-state index contributed by atoms with van der Waals surface area (Å²) in [7, 11) is 0. The quantitative estimate of drug-likeness (QED) is 0.895. The van der Waals surface area contributed by atoms with Crippen molar-refractivity contribution in [1.29, 1.82) is 5.26 Å². The second-order valence-electron chi connectivity index (χ2n) is 3.93. The molecule has 0 aliphatic carbocycles. The molecule has 0 bridgehead atoms. The monoisotopic (exact) mass is 258 g/mol. The number of anilines is 1. The van der Waals surface area contributed by atoms with Crippen molar-refractivity contribution in [3.05, 3.63) is 41.2 Å². The fourth-order valence-corrected chi connectivity index (χ4v) is 2.19. The van der Waals surface area contributed by atoms with E-state index < -0.39 is 0 Å². The Bertz CT molecular complexity index is 556. The molecule has 18 heavy (non-hydrogen) atoms. The first kappa shape index (κ1) is 12.5. The Kier molecular flexibility index (Phi) is 4.26. The van der Waals surface area contributed by atoms with Crippen LogP contribution in [0.15, 0.2) is 24.3 Å². The van der Waals surface area contributed by atoms with E-state index in [2.05, 4.69) is 27.7 Å². The predicted octanol–water partition coefficient (Wildman–Crippen LogP) is 2.97. The molecule has 0 aliphatic heterocycles. The van der Waals surface area contributed by atoms with Crippen molar-refractivity contribution >= 4 is 16.7 Å². The number of nitrogens with one attached hydrogen (secondary N) is 1. The van der Waals surface area contributed by atoms with Crippen molar-refractivity contribution in [2.45, 2.75) is 26.3 Å². The highest BCUT2D eigenvalue weighted by molar-refractivity contribution is 7.09. The zero-order valence-corrected chi connectivity index (χ0v) is 11.0. The second kappa shape index (κ2) is 6.12. The maximum atomic E-state index is 8.82. The van der Waals surface area contributed by atoms with Gasteiger partial charge in [0.25, 0.3) is 0 Å². The molecular formula is C13H14N4S. The molecule has 0 spiro atoms. The van der Waals surface area contributed by atoms with Crippen LogP contribution in [0, 0.1) is 11.3 Å². The number of aryl methyl sites for hydroxylation is 1. The van der Waals surface area contributed by atoms with Gasteiger partial charge in [-0.15, -0.1) is 0 Å². The third-order valence-electron chi connectivity index (χ3n) is 2.44. The first-order chi connectivity index (χ1) is 8.81. The summed E-state index contributed by atoms with van der Waals surface area (Å²) in [4.78, 5) is 4.39. The molecule has 0 atom stereocenters. The van der Waals surface area contributed by atoms with Gasteiger partial charge < -0.3 is 5.32 Å². The van der Waals surface area contributed by atoms with E-state index in [1.165, 1.54) is 11.5 Å². The third-order valence-corrected chi connectivity index (χ3v) is 3.15. The van der Waals surface area contributed by atoms with Crippen molar-refractivity contribution in [2.75, 3.05) is 5.32 Å². The molecule has 0 radical (unpaired) electrons. The molecule has 0 amide bonds. The summed E-state index contributed by atoms with van der Waals surface area (Å²) in [6, 6.07) is 9.68. The minimum atomic E-state index is 0.663. The molecule has 5 heteroatoms. The standard InChI is InChI=1S/C13H14N4S/c1-2-4-12-16-13(18-17-12)15-9-11-6-3-5-10(7-11)8-14/h3,5-7H,2,4,9H2,1H3,(H,15,16,17).